The fourth-order valence-corrected chi connectivity index (χ4v) is 1.83. The molecule has 0 aliphatic rings. The lowest BCUT2D eigenvalue weighted by Gasteiger charge is -2.33. The fraction of sp³-hybridized carbons (Fsp3) is 0.750. The summed E-state index contributed by atoms with van der Waals surface area (Å²) in [5.41, 5.74) is -8.29. The number of ether oxygens (including phenoxy) is 1. The number of carbonyl (C=O) groups is 2. The van der Waals surface area contributed by atoms with Crippen LogP contribution in [0.3, 0.4) is 0 Å². The van der Waals surface area contributed by atoms with Gasteiger partial charge in [0.25, 0.3) is 0 Å². The Morgan fingerprint density at radius 2 is 1.52 bits per heavy atom. The zero-order chi connectivity index (χ0) is 20.4. The number of sulfonamides is 1. The minimum absolute atomic E-state index is 0.167. The van der Waals surface area contributed by atoms with Crippen LogP contribution in [-0.2, 0) is 14.8 Å². The number of hydrogen-bond donors (Lipinski definition) is 2. The van der Waals surface area contributed by atoms with Gasteiger partial charge in [0.1, 0.15) is 5.60 Å². The number of alkyl halides is 3. The van der Waals surface area contributed by atoms with Crippen molar-refractivity contribution in [3.63, 3.8) is 0 Å². The molecule has 0 radical (unpaired) electrons. The molecule has 0 saturated heterocycles. The molecule has 25 heavy (non-hydrogen) atoms. The van der Waals surface area contributed by atoms with Crippen molar-refractivity contribution >= 4 is 28.2 Å². The van der Waals surface area contributed by atoms with Crippen molar-refractivity contribution in [1.82, 2.24) is 10.2 Å². The second-order valence-corrected chi connectivity index (χ2v) is 8.35. The predicted molar refractivity (Wildman–Crippen MR) is 81.4 cm³/mol. The van der Waals surface area contributed by atoms with Crippen molar-refractivity contribution < 1.29 is 41.0 Å². The molecule has 146 valence electrons. The smallest absolute Gasteiger partial charge is 0.465 e. The molecule has 0 aromatic carbocycles. The quantitative estimate of drug-likeness (QED) is 0.522. The van der Waals surface area contributed by atoms with Gasteiger partial charge in [0.05, 0.1) is 0 Å². The maximum absolute atomic E-state index is 12.6. The Balaban J connectivity index is 6.17. The van der Waals surface area contributed by atoms with Crippen LogP contribution in [0, 0.1) is 0 Å². The van der Waals surface area contributed by atoms with E-state index in [2.05, 4.69) is 4.40 Å². The zero-order valence-corrected chi connectivity index (χ0v) is 15.2. The summed E-state index contributed by atoms with van der Waals surface area (Å²) >= 11 is 0. The van der Waals surface area contributed by atoms with E-state index in [0.717, 1.165) is 0 Å². The number of rotatable bonds is 1. The molecule has 9 nitrogen and oxygen atoms in total. The van der Waals surface area contributed by atoms with Crippen LogP contribution in [0.5, 0.6) is 0 Å². The van der Waals surface area contributed by atoms with E-state index in [9.17, 15) is 36.3 Å². The largest absolute Gasteiger partial charge is 0.518 e. The molecule has 2 N–H and O–H groups in total. The van der Waals surface area contributed by atoms with Gasteiger partial charge in [0.2, 0.25) is 5.96 Å². The lowest BCUT2D eigenvalue weighted by atomic mass is 10.1. The van der Waals surface area contributed by atoms with Gasteiger partial charge in [0, 0.05) is 5.54 Å². The number of carbonyl (C=O) groups excluding carboxylic acids is 1. The van der Waals surface area contributed by atoms with Crippen molar-refractivity contribution in [3.8, 4) is 0 Å². The van der Waals surface area contributed by atoms with E-state index in [1.165, 1.54) is 41.5 Å². The van der Waals surface area contributed by atoms with Gasteiger partial charge in [-0.05, 0) is 41.5 Å². The molecule has 2 amide bonds. The predicted octanol–water partition coefficient (Wildman–Crippen LogP) is 2.50. The molecule has 0 spiro atoms. The van der Waals surface area contributed by atoms with Gasteiger partial charge in [-0.2, -0.15) is 21.6 Å². The third kappa shape index (κ3) is 7.15. The van der Waals surface area contributed by atoms with Crippen molar-refractivity contribution in [2.24, 2.45) is 4.40 Å². The number of nitrogens with zero attached hydrogens (tertiary/aromatic N) is 2. The summed E-state index contributed by atoms with van der Waals surface area (Å²) in [4.78, 5) is 23.3. The normalized spacial score (nSPS) is 14.0. The van der Waals surface area contributed by atoms with E-state index in [0.29, 0.717) is 0 Å². The summed E-state index contributed by atoms with van der Waals surface area (Å²) in [5.74, 6) is -1.36. The van der Waals surface area contributed by atoms with Gasteiger partial charge in [-0.1, -0.05) is 0 Å². The van der Waals surface area contributed by atoms with Crippen LogP contribution in [0.25, 0.3) is 0 Å². The van der Waals surface area contributed by atoms with Crippen LogP contribution in [-0.4, -0.2) is 53.2 Å². The standard InChI is InChI=1S/C12H20F3N3O6S/c1-10(2,3)18(9(20)21)7(16-8(19)24-11(4,5)6)17-25(22,23)12(13,14)15/h1-6H3,(H,20,21)(H,16,17,19). The van der Waals surface area contributed by atoms with Crippen molar-refractivity contribution in [2.75, 3.05) is 0 Å². The summed E-state index contributed by atoms with van der Waals surface area (Å²) in [5, 5.41) is 10.8. The molecular formula is C12H20F3N3O6S. The topological polar surface area (TPSA) is 125 Å². The maximum Gasteiger partial charge on any atom is 0.518 e. The highest BCUT2D eigenvalue weighted by Gasteiger charge is 2.47. The SMILES string of the molecule is CC(C)(C)OC(=O)NC(=NS(=O)(=O)C(F)(F)F)N(C(=O)O)C(C)(C)C. The summed E-state index contributed by atoms with van der Waals surface area (Å²) < 4.78 is 67.4. The van der Waals surface area contributed by atoms with Gasteiger partial charge >= 0.3 is 27.7 Å². The van der Waals surface area contributed by atoms with Crippen molar-refractivity contribution in [3.05, 3.63) is 0 Å². The van der Waals surface area contributed by atoms with Crippen molar-refractivity contribution in [1.29, 1.82) is 0 Å². The minimum atomic E-state index is -6.11. The highest BCUT2D eigenvalue weighted by molar-refractivity contribution is 7.91. The second-order valence-electron chi connectivity index (χ2n) is 6.75. The lowest BCUT2D eigenvalue weighted by molar-refractivity contribution is -0.0436. The summed E-state index contributed by atoms with van der Waals surface area (Å²) in [6.07, 6.45) is -3.21. The number of amides is 2. The van der Waals surface area contributed by atoms with Crippen LogP contribution < -0.4 is 5.32 Å². The highest BCUT2D eigenvalue weighted by atomic mass is 32.2. The van der Waals surface area contributed by atoms with Crippen LogP contribution >= 0.6 is 0 Å². The molecule has 0 fully saturated rings. The average molecular weight is 391 g/mol. The van der Waals surface area contributed by atoms with Gasteiger partial charge in [-0.15, -0.1) is 4.40 Å². The van der Waals surface area contributed by atoms with Gasteiger partial charge in [0.15, 0.2) is 0 Å². The summed E-state index contributed by atoms with van der Waals surface area (Å²) in [7, 11) is -6.11. The molecule has 0 saturated carbocycles. The Kier molecular flexibility index (Phi) is 6.48. The van der Waals surface area contributed by atoms with E-state index in [-0.39, 0.29) is 4.90 Å². The fourth-order valence-electron chi connectivity index (χ4n) is 1.38. The number of hydrogen-bond acceptors (Lipinski definition) is 5. The molecule has 0 aliphatic carbocycles. The Morgan fingerprint density at radius 3 is 1.80 bits per heavy atom. The Labute approximate surface area is 142 Å². The third-order valence-corrected chi connectivity index (χ3v) is 3.18. The molecule has 13 heteroatoms. The Bertz CT molecular complexity index is 659. The number of carboxylic acid groups (broad SMARTS) is 1. The van der Waals surface area contributed by atoms with E-state index in [4.69, 9.17) is 4.74 Å². The molecule has 0 bridgehead atoms. The van der Waals surface area contributed by atoms with Gasteiger partial charge in [-0.25, -0.2) is 14.5 Å². The third-order valence-electron chi connectivity index (χ3n) is 2.19. The van der Waals surface area contributed by atoms with E-state index in [1.807, 2.05) is 0 Å². The first-order chi connectivity index (χ1) is 10.8. The molecule has 0 aliphatic heterocycles. The molecule has 0 atom stereocenters. The Morgan fingerprint density at radius 1 is 1.08 bits per heavy atom. The lowest BCUT2D eigenvalue weighted by Crippen LogP contribution is -2.56. The zero-order valence-electron chi connectivity index (χ0n) is 14.4. The molecule has 0 unspecified atom stereocenters. The Hall–Kier alpha value is -2.05. The van der Waals surface area contributed by atoms with Crippen LogP contribution in [0.1, 0.15) is 41.5 Å². The van der Waals surface area contributed by atoms with Crippen LogP contribution in [0.4, 0.5) is 22.8 Å². The van der Waals surface area contributed by atoms with E-state index < -0.39 is 44.8 Å². The number of nitrogens with one attached hydrogen (secondary N) is 1. The maximum atomic E-state index is 12.6. The molecule has 0 rings (SSSR count). The number of halogens is 3. The first-order valence-corrected chi connectivity index (χ1v) is 8.16. The van der Waals surface area contributed by atoms with E-state index >= 15 is 0 Å². The van der Waals surface area contributed by atoms with E-state index in [1.54, 1.807) is 5.32 Å². The van der Waals surface area contributed by atoms with Crippen molar-refractivity contribution in [2.45, 2.75) is 58.2 Å². The highest BCUT2D eigenvalue weighted by Crippen LogP contribution is 2.26. The first kappa shape index (κ1) is 22.9. The van der Waals surface area contributed by atoms with Gasteiger partial charge in [-0.3, -0.25) is 5.32 Å². The molecular weight excluding hydrogens is 371 g/mol. The van der Waals surface area contributed by atoms with Crippen LogP contribution in [0.15, 0.2) is 4.40 Å². The van der Waals surface area contributed by atoms with Crippen LogP contribution in [0.2, 0.25) is 0 Å². The molecule has 0 heterocycles. The number of alkyl carbamates (subject to hydrolysis) is 1. The minimum Gasteiger partial charge on any atom is -0.465 e. The first-order valence-electron chi connectivity index (χ1n) is 6.72. The van der Waals surface area contributed by atoms with Gasteiger partial charge < -0.3 is 9.84 Å². The molecule has 0 aromatic rings. The average Bonchev–Trinajstić information content (AvgIpc) is 2.19. The molecule has 0 aromatic heterocycles. The monoisotopic (exact) mass is 391 g/mol. The second kappa shape index (κ2) is 7.06. The number of guanidine groups is 1. The summed E-state index contributed by atoms with van der Waals surface area (Å²) in [6.45, 7) is 8.09. The summed E-state index contributed by atoms with van der Waals surface area (Å²) in [6, 6.07) is 0.